The number of aliphatic carboxylic acids is 1. The van der Waals surface area contributed by atoms with Gasteiger partial charge >= 0.3 is 12.9 Å². The van der Waals surface area contributed by atoms with Gasteiger partial charge in [-0.15, -0.1) is 0 Å². The average molecular weight is 324 g/mol. The maximum absolute atomic E-state index is 10.9. The van der Waals surface area contributed by atoms with Crippen LogP contribution in [0.3, 0.4) is 0 Å². The molecule has 1 aromatic rings. The van der Waals surface area contributed by atoms with Crippen molar-refractivity contribution in [2.75, 3.05) is 0 Å². The number of benzene rings is 1. The van der Waals surface area contributed by atoms with Gasteiger partial charge in [-0.2, -0.15) is 0 Å². The molecule has 1 aromatic carbocycles. The van der Waals surface area contributed by atoms with Crippen LogP contribution in [0.2, 0.25) is 0 Å². The van der Waals surface area contributed by atoms with E-state index in [1.165, 1.54) is 0 Å². The predicted molar refractivity (Wildman–Crippen MR) is 77.4 cm³/mol. The summed E-state index contributed by atoms with van der Waals surface area (Å²) in [4.78, 5) is 25.7. The maximum Gasteiger partial charge on any atom is 0.419 e. The number of hydrogen-bond donors (Lipinski definition) is 4. The van der Waals surface area contributed by atoms with Gasteiger partial charge < -0.3 is 20.2 Å². The largest absolute Gasteiger partial charge is 0.480 e. The van der Waals surface area contributed by atoms with Gasteiger partial charge in [-0.3, -0.25) is 4.79 Å². The minimum absolute atomic E-state index is 0.0891. The molecule has 0 unspecified atom stereocenters. The number of hydrogen-bond acceptors (Lipinski definition) is 3. The first-order valence-electron chi connectivity index (χ1n) is 5.86. The van der Waals surface area contributed by atoms with E-state index in [0.717, 1.165) is 5.56 Å². The van der Waals surface area contributed by atoms with Gasteiger partial charge in [0.1, 0.15) is 6.04 Å². The second-order valence-electron chi connectivity index (χ2n) is 4.40. The van der Waals surface area contributed by atoms with E-state index in [2.05, 4.69) is 16.6 Å². The average Bonchev–Trinajstić information content (AvgIpc) is 2.27. The first kappa shape index (κ1) is 19.1. The molecule has 0 amide bonds. The van der Waals surface area contributed by atoms with Crippen molar-refractivity contribution in [1.29, 1.82) is 0 Å². The Bertz CT molecular complexity index is 440. The first-order valence-corrected chi connectivity index (χ1v) is 8.38. The van der Waals surface area contributed by atoms with E-state index in [4.69, 9.17) is 19.5 Å². The Morgan fingerprint density at radius 2 is 1.75 bits per heavy atom. The highest BCUT2D eigenvalue weighted by Gasteiger charge is 2.20. The minimum atomic E-state index is -4.17. The van der Waals surface area contributed by atoms with E-state index in [0.29, 0.717) is 6.54 Å². The smallest absolute Gasteiger partial charge is 0.419 e. The summed E-state index contributed by atoms with van der Waals surface area (Å²) in [5.41, 5.74) is 1.10. The summed E-state index contributed by atoms with van der Waals surface area (Å²) in [5, 5.41) is 12.0. The summed E-state index contributed by atoms with van der Waals surface area (Å²) in [5.74, 6) is -0.702. The Hall–Kier alpha value is -0.910. The van der Waals surface area contributed by atoms with Gasteiger partial charge in [-0.1, -0.05) is 44.2 Å². The summed E-state index contributed by atoms with van der Waals surface area (Å²) in [6.07, 6.45) is 0. The number of carbonyl (C=O) groups is 1. The third-order valence-electron chi connectivity index (χ3n) is 2.30. The van der Waals surface area contributed by atoms with Crippen LogP contribution in [0, 0.1) is 5.92 Å². The lowest BCUT2D eigenvalue weighted by molar-refractivity contribution is -0.140. The molecule has 6 nitrogen and oxygen atoms in total. The molecule has 1 atom stereocenters. The number of rotatable bonds is 5. The summed E-state index contributed by atoms with van der Waals surface area (Å²) in [6.45, 7) is 0.226. The SMILES string of the molecule is CC(C)[C@H](NCc1ccccc1)C(=O)O.O=P(O)(O)Cl. The molecule has 0 heterocycles. The highest BCUT2D eigenvalue weighted by atomic mass is 35.7. The number of halogens is 1. The normalized spacial score (nSPS) is 12.5. The zero-order chi connectivity index (χ0) is 15.8. The first-order chi connectivity index (χ1) is 9.11. The summed E-state index contributed by atoms with van der Waals surface area (Å²) < 4.78 is 9.09. The molecule has 0 aliphatic rings. The zero-order valence-corrected chi connectivity index (χ0v) is 12.9. The molecule has 0 aliphatic heterocycles. The zero-order valence-electron chi connectivity index (χ0n) is 11.2. The second kappa shape index (κ2) is 9.10. The van der Waals surface area contributed by atoms with Gasteiger partial charge in [0.25, 0.3) is 0 Å². The van der Waals surface area contributed by atoms with Gasteiger partial charge in [0.2, 0.25) is 0 Å². The Labute approximate surface area is 122 Å². The van der Waals surface area contributed by atoms with Gasteiger partial charge in [0.15, 0.2) is 0 Å². The molecule has 0 aliphatic carbocycles. The van der Waals surface area contributed by atoms with E-state index in [1.54, 1.807) is 0 Å². The van der Waals surface area contributed by atoms with Crippen LogP contribution in [0.25, 0.3) is 0 Å². The lowest BCUT2D eigenvalue weighted by Crippen LogP contribution is -2.40. The highest BCUT2D eigenvalue weighted by Crippen LogP contribution is 2.39. The van der Waals surface area contributed by atoms with Crippen LogP contribution in [0.15, 0.2) is 30.3 Å². The van der Waals surface area contributed by atoms with E-state index in [-0.39, 0.29) is 5.92 Å². The standard InChI is InChI=1S/C12H17NO2.ClH2O3P/c1-9(2)11(12(14)15)13-8-10-6-4-3-5-7-10;1-5(2,3)4/h3-7,9,11,13H,8H2,1-2H3,(H,14,15);(H2,2,3,4)/t11-;/m0./s1. The molecule has 0 radical (unpaired) electrons. The molecule has 0 bridgehead atoms. The number of carboxylic acid groups (broad SMARTS) is 1. The molecule has 20 heavy (non-hydrogen) atoms. The summed E-state index contributed by atoms with van der Waals surface area (Å²) in [7, 11) is 0. The summed E-state index contributed by atoms with van der Waals surface area (Å²) in [6, 6.07) is 9.31. The third-order valence-corrected chi connectivity index (χ3v) is 2.30. The summed E-state index contributed by atoms with van der Waals surface area (Å²) >= 11 is 4.20. The van der Waals surface area contributed by atoms with Crippen LogP contribution in [0.1, 0.15) is 19.4 Å². The molecule has 0 spiro atoms. The van der Waals surface area contributed by atoms with Gasteiger partial charge in [-0.05, 0) is 11.5 Å². The molecule has 1 rings (SSSR count). The molecule has 0 saturated heterocycles. The number of carboxylic acids is 1. The van der Waals surface area contributed by atoms with Crippen LogP contribution >= 0.6 is 18.2 Å². The number of nitrogens with one attached hydrogen (secondary N) is 1. The Morgan fingerprint density at radius 1 is 1.30 bits per heavy atom. The van der Waals surface area contributed by atoms with E-state index in [1.807, 2.05) is 44.2 Å². The quantitative estimate of drug-likeness (QED) is 0.619. The lowest BCUT2D eigenvalue weighted by Gasteiger charge is -2.17. The van der Waals surface area contributed by atoms with Crippen molar-refractivity contribution in [2.24, 2.45) is 5.92 Å². The van der Waals surface area contributed by atoms with Crippen molar-refractivity contribution in [3.8, 4) is 0 Å². The fraction of sp³-hybridized carbons (Fsp3) is 0.417. The van der Waals surface area contributed by atoms with E-state index in [9.17, 15) is 4.79 Å². The van der Waals surface area contributed by atoms with Crippen molar-refractivity contribution in [2.45, 2.75) is 26.4 Å². The van der Waals surface area contributed by atoms with Crippen molar-refractivity contribution >= 4 is 24.2 Å². The van der Waals surface area contributed by atoms with Crippen LogP contribution in [0.5, 0.6) is 0 Å². The van der Waals surface area contributed by atoms with Crippen LogP contribution in [0.4, 0.5) is 0 Å². The molecule has 0 aromatic heterocycles. The topological polar surface area (TPSA) is 107 Å². The Kier molecular flexibility index (Phi) is 8.69. The maximum atomic E-state index is 10.9. The monoisotopic (exact) mass is 323 g/mol. The van der Waals surface area contributed by atoms with Crippen LogP contribution in [-0.2, 0) is 15.9 Å². The predicted octanol–water partition coefficient (Wildman–Crippen LogP) is 2.20. The fourth-order valence-electron chi connectivity index (χ4n) is 1.43. The third kappa shape index (κ3) is 11.0. The lowest BCUT2D eigenvalue weighted by atomic mass is 10.0. The van der Waals surface area contributed by atoms with Gasteiger partial charge in [0.05, 0.1) is 0 Å². The molecular weight excluding hydrogens is 305 g/mol. The molecule has 0 saturated carbocycles. The van der Waals surface area contributed by atoms with Crippen molar-refractivity contribution in [1.82, 2.24) is 5.32 Å². The Balaban J connectivity index is 0.000000621. The van der Waals surface area contributed by atoms with Crippen LogP contribution < -0.4 is 5.32 Å². The van der Waals surface area contributed by atoms with Gasteiger partial charge in [-0.25, -0.2) is 4.57 Å². The van der Waals surface area contributed by atoms with E-state index < -0.39 is 19.0 Å². The highest BCUT2D eigenvalue weighted by molar-refractivity contribution is 7.79. The van der Waals surface area contributed by atoms with Crippen molar-refractivity contribution < 1.29 is 24.3 Å². The molecule has 114 valence electrons. The van der Waals surface area contributed by atoms with Gasteiger partial charge in [0, 0.05) is 17.8 Å². The molecule has 8 heteroatoms. The fourth-order valence-corrected chi connectivity index (χ4v) is 1.43. The molecule has 4 N–H and O–H groups in total. The molecular formula is C12H19ClNO5P. The van der Waals surface area contributed by atoms with Crippen LogP contribution in [-0.4, -0.2) is 26.9 Å². The molecule has 0 fully saturated rings. The van der Waals surface area contributed by atoms with E-state index >= 15 is 0 Å². The van der Waals surface area contributed by atoms with Crippen molar-refractivity contribution in [3.05, 3.63) is 35.9 Å². The van der Waals surface area contributed by atoms with Crippen molar-refractivity contribution in [3.63, 3.8) is 0 Å². The second-order valence-corrected chi connectivity index (χ2v) is 6.67. The Morgan fingerprint density at radius 3 is 2.10 bits per heavy atom. The minimum Gasteiger partial charge on any atom is -0.480 e.